The molecule has 1 heterocycles. The molecule has 4 aromatic rings. The number of rotatable bonds is 5. The number of aryl methyl sites for hydroxylation is 1. The van der Waals surface area contributed by atoms with E-state index in [2.05, 4.69) is 15.5 Å². The van der Waals surface area contributed by atoms with Crippen molar-refractivity contribution in [2.75, 3.05) is 5.43 Å². The molecular formula is C23H18FN3S. The SMILES string of the molecule is Cc1cc(F)ccc1-c1cccc(C=NNc2nc(-c3ccccc3)cs2)c1. The molecule has 0 radical (unpaired) electrons. The van der Waals surface area contributed by atoms with Gasteiger partial charge in [0.1, 0.15) is 5.82 Å². The summed E-state index contributed by atoms with van der Waals surface area (Å²) in [4.78, 5) is 4.55. The molecule has 0 aliphatic heterocycles. The van der Waals surface area contributed by atoms with Crippen LogP contribution in [0.25, 0.3) is 22.4 Å². The van der Waals surface area contributed by atoms with Crippen LogP contribution in [0.2, 0.25) is 0 Å². The molecule has 3 aromatic carbocycles. The van der Waals surface area contributed by atoms with Gasteiger partial charge in [-0.1, -0.05) is 54.6 Å². The van der Waals surface area contributed by atoms with E-state index in [1.807, 2.05) is 66.9 Å². The Labute approximate surface area is 167 Å². The van der Waals surface area contributed by atoms with Crippen molar-refractivity contribution >= 4 is 22.7 Å². The summed E-state index contributed by atoms with van der Waals surface area (Å²) in [6.07, 6.45) is 1.76. The first-order valence-electron chi connectivity index (χ1n) is 8.86. The predicted octanol–water partition coefficient (Wildman–Crippen LogP) is 6.37. The number of hydrogen-bond donors (Lipinski definition) is 1. The van der Waals surface area contributed by atoms with Crippen molar-refractivity contribution in [2.45, 2.75) is 6.92 Å². The number of nitrogens with zero attached hydrogens (tertiary/aromatic N) is 2. The van der Waals surface area contributed by atoms with Crippen LogP contribution in [0, 0.1) is 12.7 Å². The normalized spacial score (nSPS) is 11.1. The lowest BCUT2D eigenvalue weighted by Gasteiger charge is -2.07. The van der Waals surface area contributed by atoms with E-state index < -0.39 is 0 Å². The highest BCUT2D eigenvalue weighted by atomic mass is 32.1. The van der Waals surface area contributed by atoms with Crippen molar-refractivity contribution in [3.8, 4) is 22.4 Å². The fourth-order valence-corrected chi connectivity index (χ4v) is 3.63. The van der Waals surface area contributed by atoms with Gasteiger partial charge in [-0.05, 0) is 47.4 Å². The molecule has 3 nitrogen and oxygen atoms in total. The second-order valence-corrected chi connectivity index (χ2v) is 7.22. The summed E-state index contributed by atoms with van der Waals surface area (Å²) in [6, 6.07) is 22.9. The molecule has 5 heteroatoms. The predicted molar refractivity (Wildman–Crippen MR) is 115 cm³/mol. The van der Waals surface area contributed by atoms with Gasteiger partial charge >= 0.3 is 0 Å². The van der Waals surface area contributed by atoms with Gasteiger partial charge in [0.15, 0.2) is 0 Å². The first-order valence-corrected chi connectivity index (χ1v) is 9.73. The van der Waals surface area contributed by atoms with Crippen LogP contribution in [0.5, 0.6) is 0 Å². The van der Waals surface area contributed by atoms with Gasteiger partial charge in [0.2, 0.25) is 5.13 Å². The average molecular weight is 387 g/mol. The Bertz CT molecular complexity index is 1120. The first-order chi connectivity index (χ1) is 13.7. The van der Waals surface area contributed by atoms with Gasteiger partial charge in [-0.3, -0.25) is 5.43 Å². The van der Waals surface area contributed by atoms with Crippen LogP contribution < -0.4 is 5.43 Å². The monoisotopic (exact) mass is 387 g/mol. The maximum atomic E-state index is 13.3. The van der Waals surface area contributed by atoms with Crippen molar-refractivity contribution in [1.82, 2.24) is 4.98 Å². The van der Waals surface area contributed by atoms with Crippen molar-refractivity contribution < 1.29 is 4.39 Å². The summed E-state index contributed by atoms with van der Waals surface area (Å²) in [6.45, 7) is 1.91. The molecule has 138 valence electrons. The number of hydrazone groups is 1. The number of benzene rings is 3. The van der Waals surface area contributed by atoms with Gasteiger partial charge in [0, 0.05) is 10.9 Å². The van der Waals surface area contributed by atoms with Gasteiger partial charge in [0.25, 0.3) is 0 Å². The second kappa shape index (κ2) is 8.15. The largest absolute Gasteiger partial charge is 0.253 e. The van der Waals surface area contributed by atoms with Crippen LogP contribution in [0.1, 0.15) is 11.1 Å². The molecular weight excluding hydrogens is 369 g/mol. The molecule has 1 aromatic heterocycles. The Hall–Kier alpha value is -3.31. The molecule has 0 saturated carbocycles. The van der Waals surface area contributed by atoms with Crippen molar-refractivity contribution in [3.05, 3.63) is 95.1 Å². The summed E-state index contributed by atoms with van der Waals surface area (Å²) < 4.78 is 13.3. The summed E-state index contributed by atoms with van der Waals surface area (Å²) in [5.41, 5.74) is 8.90. The molecule has 1 N–H and O–H groups in total. The van der Waals surface area contributed by atoms with Gasteiger partial charge in [-0.15, -0.1) is 11.3 Å². The molecule has 0 amide bonds. The van der Waals surface area contributed by atoms with Gasteiger partial charge in [-0.25, -0.2) is 9.37 Å². The summed E-state index contributed by atoms with van der Waals surface area (Å²) in [7, 11) is 0. The van der Waals surface area contributed by atoms with Crippen LogP contribution in [0.4, 0.5) is 9.52 Å². The minimum atomic E-state index is -0.221. The van der Waals surface area contributed by atoms with Crippen LogP contribution in [-0.2, 0) is 0 Å². The second-order valence-electron chi connectivity index (χ2n) is 6.36. The van der Waals surface area contributed by atoms with Crippen LogP contribution in [0.3, 0.4) is 0 Å². The minimum absolute atomic E-state index is 0.221. The third kappa shape index (κ3) is 4.15. The van der Waals surface area contributed by atoms with Crippen LogP contribution in [-0.4, -0.2) is 11.2 Å². The van der Waals surface area contributed by atoms with E-state index in [0.29, 0.717) is 0 Å². The highest BCUT2D eigenvalue weighted by molar-refractivity contribution is 7.14. The minimum Gasteiger partial charge on any atom is -0.253 e. The zero-order chi connectivity index (χ0) is 19.3. The summed E-state index contributed by atoms with van der Waals surface area (Å²) in [5, 5.41) is 7.04. The van der Waals surface area contributed by atoms with E-state index in [-0.39, 0.29) is 5.82 Å². The van der Waals surface area contributed by atoms with Crippen molar-refractivity contribution in [2.24, 2.45) is 5.10 Å². The summed E-state index contributed by atoms with van der Waals surface area (Å²) >= 11 is 1.51. The molecule has 0 aliphatic carbocycles. The highest BCUT2D eigenvalue weighted by Gasteiger charge is 2.05. The van der Waals surface area contributed by atoms with E-state index in [9.17, 15) is 4.39 Å². The third-order valence-corrected chi connectivity index (χ3v) is 5.08. The molecule has 0 saturated heterocycles. The molecule has 28 heavy (non-hydrogen) atoms. The smallest absolute Gasteiger partial charge is 0.203 e. The van der Waals surface area contributed by atoms with E-state index in [1.165, 1.54) is 17.4 Å². The molecule has 0 atom stereocenters. The van der Waals surface area contributed by atoms with Gasteiger partial charge in [-0.2, -0.15) is 5.10 Å². The number of halogens is 1. The molecule has 0 aliphatic rings. The lowest BCUT2D eigenvalue weighted by Crippen LogP contribution is -1.91. The Kier molecular flexibility index (Phi) is 5.26. The van der Waals surface area contributed by atoms with E-state index in [1.54, 1.807) is 18.3 Å². The quantitative estimate of drug-likeness (QED) is 0.319. The number of hydrogen-bond acceptors (Lipinski definition) is 4. The Morgan fingerprint density at radius 2 is 1.79 bits per heavy atom. The van der Waals surface area contributed by atoms with Crippen LogP contribution >= 0.6 is 11.3 Å². The average Bonchev–Trinajstić information content (AvgIpc) is 3.18. The molecule has 0 spiro atoms. The van der Waals surface area contributed by atoms with E-state index in [4.69, 9.17) is 0 Å². The maximum absolute atomic E-state index is 13.3. The fraction of sp³-hybridized carbons (Fsp3) is 0.0435. The zero-order valence-electron chi connectivity index (χ0n) is 15.3. The van der Waals surface area contributed by atoms with E-state index in [0.717, 1.165) is 38.6 Å². The van der Waals surface area contributed by atoms with Crippen LogP contribution in [0.15, 0.2) is 83.3 Å². The third-order valence-electron chi connectivity index (χ3n) is 4.33. The Balaban J connectivity index is 1.48. The summed E-state index contributed by atoms with van der Waals surface area (Å²) in [5.74, 6) is -0.221. The van der Waals surface area contributed by atoms with E-state index >= 15 is 0 Å². The van der Waals surface area contributed by atoms with Gasteiger partial charge < -0.3 is 0 Å². The topological polar surface area (TPSA) is 37.3 Å². The molecule has 0 bridgehead atoms. The number of aromatic nitrogens is 1. The number of nitrogens with one attached hydrogen (secondary N) is 1. The lowest BCUT2D eigenvalue weighted by atomic mass is 9.99. The molecule has 4 rings (SSSR count). The van der Waals surface area contributed by atoms with Crippen molar-refractivity contribution in [1.29, 1.82) is 0 Å². The maximum Gasteiger partial charge on any atom is 0.203 e. The Morgan fingerprint density at radius 1 is 0.964 bits per heavy atom. The first kappa shape index (κ1) is 18.1. The number of thiazole rings is 1. The molecule has 0 fully saturated rings. The Morgan fingerprint density at radius 3 is 2.61 bits per heavy atom. The molecule has 0 unspecified atom stereocenters. The van der Waals surface area contributed by atoms with Gasteiger partial charge in [0.05, 0.1) is 11.9 Å². The van der Waals surface area contributed by atoms with Crippen molar-refractivity contribution in [3.63, 3.8) is 0 Å². The zero-order valence-corrected chi connectivity index (χ0v) is 16.1. The lowest BCUT2D eigenvalue weighted by molar-refractivity contribution is 0.627. The fourth-order valence-electron chi connectivity index (χ4n) is 2.97. The highest BCUT2D eigenvalue weighted by Crippen LogP contribution is 2.26. The number of anilines is 1. The standard InChI is InChI=1S/C23H18FN3S/c1-16-12-20(24)10-11-21(16)19-9-5-6-17(13-19)14-25-27-23-26-22(15-28-23)18-7-3-2-4-8-18/h2-15H,1H3,(H,26,27).